The number of rotatable bonds is 2. The van der Waals surface area contributed by atoms with Crippen LogP contribution >= 0.6 is 0 Å². The van der Waals surface area contributed by atoms with E-state index in [2.05, 4.69) is 4.98 Å². The molecule has 0 fully saturated rings. The number of pyridine rings is 1. The fourth-order valence-corrected chi connectivity index (χ4v) is 1.61. The Labute approximate surface area is 98.9 Å². The van der Waals surface area contributed by atoms with Gasteiger partial charge in [-0.2, -0.15) is 0 Å². The lowest BCUT2D eigenvalue weighted by molar-refractivity contribution is 0.0380. The summed E-state index contributed by atoms with van der Waals surface area (Å²) in [4.78, 5) is 15.9. The van der Waals surface area contributed by atoms with Crippen LogP contribution in [-0.4, -0.2) is 22.2 Å². The van der Waals surface area contributed by atoms with Crippen molar-refractivity contribution in [2.75, 3.05) is 0 Å². The Kier molecular flexibility index (Phi) is 2.95. The van der Waals surface area contributed by atoms with Gasteiger partial charge in [-0.3, -0.25) is 4.98 Å². The Morgan fingerprint density at radius 1 is 1.35 bits per heavy atom. The van der Waals surface area contributed by atoms with Gasteiger partial charge in [0.25, 0.3) is 0 Å². The first-order chi connectivity index (χ1) is 8.09. The zero-order chi connectivity index (χ0) is 12.4. The SMILES string of the molecule is CC(C)OC(=O)c1ccc(O)c2ncccc12. The van der Waals surface area contributed by atoms with E-state index in [4.69, 9.17) is 4.74 Å². The molecule has 0 bridgehead atoms. The minimum atomic E-state index is -0.405. The maximum absolute atomic E-state index is 11.8. The van der Waals surface area contributed by atoms with Gasteiger partial charge in [0.1, 0.15) is 11.3 Å². The van der Waals surface area contributed by atoms with Gasteiger partial charge in [-0.1, -0.05) is 6.07 Å². The van der Waals surface area contributed by atoms with Crippen molar-refractivity contribution < 1.29 is 14.6 Å². The minimum absolute atomic E-state index is 0.0571. The molecule has 0 aliphatic carbocycles. The molecular weight excluding hydrogens is 218 g/mol. The van der Waals surface area contributed by atoms with Gasteiger partial charge < -0.3 is 9.84 Å². The summed E-state index contributed by atoms with van der Waals surface area (Å²) >= 11 is 0. The lowest BCUT2D eigenvalue weighted by atomic mass is 10.1. The van der Waals surface area contributed by atoms with E-state index in [-0.39, 0.29) is 11.9 Å². The largest absolute Gasteiger partial charge is 0.506 e. The zero-order valence-electron chi connectivity index (χ0n) is 9.68. The average molecular weight is 231 g/mol. The van der Waals surface area contributed by atoms with Crippen molar-refractivity contribution in [1.82, 2.24) is 4.98 Å². The van der Waals surface area contributed by atoms with E-state index in [1.165, 1.54) is 6.07 Å². The van der Waals surface area contributed by atoms with Crippen LogP contribution in [0.3, 0.4) is 0 Å². The Bertz CT molecular complexity index is 564. The molecule has 0 aliphatic heterocycles. The number of carbonyl (C=O) groups is 1. The van der Waals surface area contributed by atoms with E-state index in [0.717, 1.165) is 0 Å². The van der Waals surface area contributed by atoms with E-state index in [9.17, 15) is 9.90 Å². The summed E-state index contributed by atoms with van der Waals surface area (Å²) < 4.78 is 5.14. The summed E-state index contributed by atoms with van der Waals surface area (Å²) in [6, 6.07) is 6.45. The number of hydrogen-bond acceptors (Lipinski definition) is 4. The first-order valence-corrected chi connectivity index (χ1v) is 5.37. The van der Waals surface area contributed by atoms with Crippen LogP contribution in [0.15, 0.2) is 30.5 Å². The molecule has 17 heavy (non-hydrogen) atoms. The Hall–Kier alpha value is -2.10. The Morgan fingerprint density at radius 2 is 2.12 bits per heavy atom. The second-order valence-electron chi connectivity index (χ2n) is 3.99. The number of carbonyl (C=O) groups excluding carboxylic acids is 1. The molecule has 0 atom stereocenters. The van der Waals surface area contributed by atoms with Gasteiger partial charge in [0.15, 0.2) is 0 Å². The van der Waals surface area contributed by atoms with Crippen LogP contribution in [-0.2, 0) is 4.74 Å². The third-order valence-corrected chi connectivity index (χ3v) is 2.31. The molecule has 2 aromatic rings. The standard InChI is InChI=1S/C13H13NO3/c1-8(2)17-13(16)10-5-6-11(15)12-9(10)4-3-7-14-12/h3-8,15H,1-2H3. The van der Waals surface area contributed by atoms with E-state index in [0.29, 0.717) is 16.5 Å². The van der Waals surface area contributed by atoms with Gasteiger partial charge in [-0.05, 0) is 32.0 Å². The fraction of sp³-hybridized carbons (Fsp3) is 0.231. The Morgan fingerprint density at radius 3 is 2.82 bits per heavy atom. The number of phenolic OH excluding ortho intramolecular Hbond substituents is 1. The number of benzene rings is 1. The highest BCUT2D eigenvalue weighted by atomic mass is 16.5. The highest BCUT2D eigenvalue weighted by Gasteiger charge is 2.14. The summed E-state index contributed by atoms with van der Waals surface area (Å²) in [6.07, 6.45) is 1.39. The smallest absolute Gasteiger partial charge is 0.339 e. The van der Waals surface area contributed by atoms with Gasteiger partial charge in [0, 0.05) is 11.6 Å². The number of hydrogen-bond donors (Lipinski definition) is 1. The predicted molar refractivity (Wildman–Crippen MR) is 64.0 cm³/mol. The molecule has 0 amide bonds. The van der Waals surface area contributed by atoms with Crippen molar-refractivity contribution >= 4 is 16.9 Å². The molecule has 88 valence electrons. The third-order valence-electron chi connectivity index (χ3n) is 2.31. The molecule has 0 spiro atoms. The van der Waals surface area contributed by atoms with Gasteiger partial charge in [0.05, 0.1) is 11.7 Å². The van der Waals surface area contributed by atoms with Crippen molar-refractivity contribution in [3.63, 3.8) is 0 Å². The van der Waals surface area contributed by atoms with Crippen molar-refractivity contribution in [3.8, 4) is 5.75 Å². The second kappa shape index (κ2) is 4.41. The van der Waals surface area contributed by atoms with Crippen LogP contribution in [0.5, 0.6) is 5.75 Å². The van der Waals surface area contributed by atoms with Gasteiger partial charge in [-0.15, -0.1) is 0 Å². The molecule has 1 N–H and O–H groups in total. The lowest BCUT2D eigenvalue weighted by Crippen LogP contribution is -2.12. The van der Waals surface area contributed by atoms with Crippen LogP contribution in [0.1, 0.15) is 24.2 Å². The van der Waals surface area contributed by atoms with Crippen LogP contribution in [0.25, 0.3) is 10.9 Å². The number of esters is 1. The molecule has 0 radical (unpaired) electrons. The predicted octanol–water partition coefficient (Wildman–Crippen LogP) is 2.51. The molecule has 1 aromatic heterocycles. The topological polar surface area (TPSA) is 59.4 Å². The van der Waals surface area contributed by atoms with E-state index >= 15 is 0 Å². The number of ether oxygens (including phenoxy) is 1. The number of phenols is 1. The molecule has 0 aliphatic rings. The van der Waals surface area contributed by atoms with Crippen molar-refractivity contribution in [2.45, 2.75) is 20.0 Å². The molecular formula is C13H13NO3. The summed E-state index contributed by atoms with van der Waals surface area (Å²) in [5.41, 5.74) is 0.824. The molecule has 1 heterocycles. The van der Waals surface area contributed by atoms with Gasteiger partial charge in [0.2, 0.25) is 0 Å². The molecule has 0 unspecified atom stereocenters. The number of aromatic hydroxyl groups is 1. The summed E-state index contributed by atoms with van der Waals surface area (Å²) in [7, 11) is 0. The normalized spacial score (nSPS) is 10.8. The monoisotopic (exact) mass is 231 g/mol. The first kappa shape index (κ1) is 11.4. The summed E-state index contributed by atoms with van der Waals surface area (Å²) in [5.74, 6) is -0.348. The number of nitrogens with zero attached hydrogens (tertiary/aromatic N) is 1. The highest BCUT2D eigenvalue weighted by Crippen LogP contribution is 2.26. The van der Waals surface area contributed by atoms with Crippen LogP contribution in [0.4, 0.5) is 0 Å². The molecule has 0 saturated heterocycles. The number of aromatic nitrogens is 1. The van der Waals surface area contributed by atoms with Crippen molar-refractivity contribution in [2.24, 2.45) is 0 Å². The molecule has 4 heteroatoms. The summed E-state index contributed by atoms with van der Waals surface area (Å²) in [6.45, 7) is 3.58. The van der Waals surface area contributed by atoms with Gasteiger partial charge >= 0.3 is 5.97 Å². The fourth-order valence-electron chi connectivity index (χ4n) is 1.61. The number of fused-ring (bicyclic) bond motifs is 1. The lowest BCUT2D eigenvalue weighted by Gasteiger charge is -2.10. The molecule has 2 rings (SSSR count). The van der Waals surface area contributed by atoms with Gasteiger partial charge in [-0.25, -0.2) is 4.79 Å². The van der Waals surface area contributed by atoms with E-state index < -0.39 is 5.97 Å². The molecule has 4 nitrogen and oxygen atoms in total. The Balaban J connectivity index is 2.55. The minimum Gasteiger partial charge on any atom is -0.506 e. The molecule has 0 saturated carbocycles. The average Bonchev–Trinajstić information content (AvgIpc) is 2.29. The van der Waals surface area contributed by atoms with Crippen LogP contribution < -0.4 is 0 Å². The second-order valence-corrected chi connectivity index (χ2v) is 3.99. The molecule has 1 aromatic carbocycles. The van der Waals surface area contributed by atoms with Crippen LogP contribution in [0, 0.1) is 0 Å². The maximum Gasteiger partial charge on any atom is 0.339 e. The summed E-state index contributed by atoms with van der Waals surface area (Å²) in [5, 5.41) is 10.2. The zero-order valence-corrected chi connectivity index (χ0v) is 9.68. The van der Waals surface area contributed by atoms with Crippen molar-refractivity contribution in [1.29, 1.82) is 0 Å². The van der Waals surface area contributed by atoms with E-state index in [1.54, 1.807) is 38.2 Å². The maximum atomic E-state index is 11.8. The third kappa shape index (κ3) is 2.20. The first-order valence-electron chi connectivity index (χ1n) is 5.37. The van der Waals surface area contributed by atoms with Crippen molar-refractivity contribution in [3.05, 3.63) is 36.0 Å². The highest BCUT2D eigenvalue weighted by molar-refractivity contribution is 6.05. The van der Waals surface area contributed by atoms with Crippen LogP contribution in [0.2, 0.25) is 0 Å². The van der Waals surface area contributed by atoms with E-state index in [1.807, 2.05) is 0 Å². The quantitative estimate of drug-likeness (QED) is 0.807.